The molecular weight excluding hydrogens is 188 g/mol. The van der Waals surface area contributed by atoms with Crippen molar-refractivity contribution in [2.45, 2.75) is 13.8 Å². The summed E-state index contributed by atoms with van der Waals surface area (Å²) in [5.74, 6) is -0.0668. The highest BCUT2D eigenvalue weighted by molar-refractivity contribution is 6.33. The number of Topliss-reactive ketones (excluding diaryl/α,β-unsaturated/α-hetero) is 1. The van der Waals surface area contributed by atoms with Gasteiger partial charge in [-0.3, -0.25) is 9.59 Å². The molecule has 0 radical (unpaired) electrons. The molecule has 0 amide bonds. The molecule has 0 saturated heterocycles. The standard InChI is InChI=1S/C10H9ClO2/c1-6-3-8(7(2)13)4-9(5-12)10(6)11/h3-5H,1-2H3. The van der Waals surface area contributed by atoms with E-state index in [9.17, 15) is 9.59 Å². The van der Waals surface area contributed by atoms with Gasteiger partial charge in [0, 0.05) is 11.1 Å². The van der Waals surface area contributed by atoms with Crippen molar-refractivity contribution >= 4 is 23.7 Å². The van der Waals surface area contributed by atoms with Crippen LogP contribution in [-0.2, 0) is 0 Å². The van der Waals surface area contributed by atoms with Crippen molar-refractivity contribution in [1.82, 2.24) is 0 Å². The van der Waals surface area contributed by atoms with E-state index >= 15 is 0 Å². The Balaban J connectivity index is 3.38. The van der Waals surface area contributed by atoms with E-state index in [0.717, 1.165) is 5.56 Å². The Kier molecular flexibility index (Phi) is 2.83. The van der Waals surface area contributed by atoms with Gasteiger partial charge in [0.15, 0.2) is 12.1 Å². The summed E-state index contributed by atoms with van der Waals surface area (Å²) in [6, 6.07) is 3.18. The maximum Gasteiger partial charge on any atom is 0.159 e. The Bertz CT molecular complexity index is 369. The van der Waals surface area contributed by atoms with Crippen molar-refractivity contribution in [2.24, 2.45) is 0 Å². The number of halogens is 1. The molecule has 0 saturated carbocycles. The summed E-state index contributed by atoms with van der Waals surface area (Å²) in [6.07, 6.45) is 0.655. The molecule has 0 aromatic heterocycles. The van der Waals surface area contributed by atoms with Crippen molar-refractivity contribution in [3.63, 3.8) is 0 Å². The molecule has 2 nitrogen and oxygen atoms in total. The van der Waals surface area contributed by atoms with Crippen molar-refractivity contribution < 1.29 is 9.59 Å². The van der Waals surface area contributed by atoms with Gasteiger partial charge in [0.2, 0.25) is 0 Å². The monoisotopic (exact) mass is 196 g/mol. The number of ketones is 1. The zero-order valence-electron chi connectivity index (χ0n) is 7.43. The number of hydrogen-bond acceptors (Lipinski definition) is 2. The third kappa shape index (κ3) is 1.95. The van der Waals surface area contributed by atoms with Crippen LogP contribution in [0.5, 0.6) is 0 Å². The average Bonchev–Trinajstić information content (AvgIpc) is 2.09. The van der Waals surface area contributed by atoms with E-state index in [4.69, 9.17) is 11.6 Å². The number of carbonyl (C=O) groups is 2. The SMILES string of the molecule is CC(=O)c1cc(C)c(Cl)c(C=O)c1. The van der Waals surface area contributed by atoms with Crippen molar-refractivity contribution in [3.05, 3.63) is 33.8 Å². The van der Waals surface area contributed by atoms with Crippen LogP contribution in [0.25, 0.3) is 0 Å². The van der Waals surface area contributed by atoms with Crippen LogP contribution in [0.3, 0.4) is 0 Å². The smallest absolute Gasteiger partial charge is 0.159 e. The van der Waals surface area contributed by atoms with Crippen LogP contribution in [0, 0.1) is 6.92 Å². The van der Waals surface area contributed by atoms with Gasteiger partial charge in [-0.1, -0.05) is 11.6 Å². The molecule has 0 heterocycles. The highest BCUT2D eigenvalue weighted by Gasteiger charge is 2.07. The Morgan fingerprint density at radius 3 is 2.54 bits per heavy atom. The molecule has 0 fully saturated rings. The molecule has 68 valence electrons. The lowest BCUT2D eigenvalue weighted by atomic mass is 10.0. The maximum atomic E-state index is 11.0. The number of aryl methyl sites for hydroxylation is 1. The summed E-state index contributed by atoms with van der Waals surface area (Å²) in [4.78, 5) is 21.6. The molecule has 0 aliphatic heterocycles. The fraction of sp³-hybridized carbons (Fsp3) is 0.200. The molecule has 0 N–H and O–H groups in total. The summed E-state index contributed by atoms with van der Waals surface area (Å²) in [7, 11) is 0. The van der Waals surface area contributed by atoms with E-state index in [1.165, 1.54) is 13.0 Å². The van der Waals surface area contributed by atoms with Gasteiger partial charge in [-0.25, -0.2) is 0 Å². The summed E-state index contributed by atoms with van der Waals surface area (Å²) >= 11 is 5.83. The minimum absolute atomic E-state index is 0.0668. The lowest BCUT2D eigenvalue weighted by Crippen LogP contribution is -1.96. The fourth-order valence-electron chi connectivity index (χ4n) is 1.09. The Hall–Kier alpha value is -1.15. The Labute approximate surface area is 81.5 Å². The quantitative estimate of drug-likeness (QED) is 0.538. The molecule has 3 heteroatoms. The van der Waals surface area contributed by atoms with E-state index in [-0.39, 0.29) is 5.78 Å². The second-order valence-corrected chi connectivity index (χ2v) is 3.25. The first-order chi connectivity index (χ1) is 6.06. The highest BCUT2D eigenvalue weighted by Crippen LogP contribution is 2.21. The van der Waals surface area contributed by atoms with Gasteiger partial charge in [0.05, 0.1) is 5.02 Å². The van der Waals surface area contributed by atoms with Crippen LogP contribution in [0.2, 0.25) is 5.02 Å². The fourth-order valence-corrected chi connectivity index (χ4v) is 1.24. The summed E-state index contributed by atoms with van der Waals surface area (Å²) in [5, 5.41) is 0.417. The van der Waals surface area contributed by atoms with E-state index in [2.05, 4.69) is 0 Å². The third-order valence-corrected chi connectivity index (χ3v) is 2.33. The lowest BCUT2D eigenvalue weighted by Gasteiger charge is -2.03. The molecule has 0 bridgehead atoms. The Morgan fingerprint density at radius 1 is 1.46 bits per heavy atom. The summed E-state index contributed by atoms with van der Waals surface area (Å²) < 4.78 is 0. The predicted molar refractivity (Wildman–Crippen MR) is 51.6 cm³/mol. The summed E-state index contributed by atoms with van der Waals surface area (Å²) in [5.41, 5.74) is 1.63. The molecular formula is C10H9ClO2. The van der Waals surface area contributed by atoms with Crippen molar-refractivity contribution in [2.75, 3.05) is 0 Å². The highest BCUT2D eigenvalue weighted by atomic mass is 35.5. The molecule has 1 rings (SSSR count). The molecule has 13 heavy (non-hydrogen) atoms. The van der Waals surface area contributed by atoms with Crippen LogP contribution >= 0.6 is 11.6 Å². The molecule has 0 atom stereocenters. The van der Waals surface area contributed by atoms with Gasteiger partial charge < -0.3 is 0 Å². The molecule has 0 spiro atoms. The summed E-state index contributed by atoms with van der Waals surface area (Å²) in [6.45, 7) is 3.22. The molecule has 0 unspecified atom stereocenters. The Morgan fingerprint density at radius 2 is 2.08 bits per heavy atom. The topological polar surface area (TPSA) is 34.1 Å². The normalized spacial score (nSPS) is 9.77. The second kappa shape index (κ2) is 3.71. The first-order valence-corrected chi connectivity index (χ1v) is 4.20. The van der Waals surface area contributed by atoms with Crippen LogP contribution in [-0.4, -0.2) is 12.1 Å². The van der Waals surface area contributed by atoms with Gasteiger partial charge >= 0.3 is 0 Å². The number of aldehydes is 1. The van der Waals surface area contributed by atoms with Crippen LogP contribution in [0.1, 0.15) is 33.2 Å². The van der Waals surface area contributed by atoms with Gasteiger partial charge in [-0.05, 0) is 31.5 Å². The van der Waals surface area contributed by atoms with E-state index < -0.39 is 0 Å². The number of carbonyl (C=O) groups excluding carboxylic acids is 2. The van der Waals surface area contributed by atoms with Gasteiger partial charge in [0.1, 0.15) is 0 Å². The number of rotatable bonds is 2. The maximum absolute atomic E-state index is 11.0. The first kappa shape index (κ1) is 9.93. The number of hydrogen-bond donors (Lipinski definition) is 0. The van der Waals surface area contributed by atoms with Crippen LogP contribution < -0.4 is 0 Å². The van der Waals surface area contributed by atoms with E-state index in [1.807, 2.05) is 0 Å². The molecule has 1 aromatic rings. The minimum Gasteiger partial charge on any atom is -0.298 e. The predicted octanol–water partition coefficient (Wildman–Crippen LogP) is 2.66. The third-order valence-electron chi connectivity index (χ3n) is 1.82. The average molecular weight is 197 g/mol. The second-order valence-electron chi connectivity index (χ2n) is 2.87. The van der Waals surface area contributed by atoms with Gasteiger partial charge in [-0.2, -0.15) is 0 Å². The van der Waals surface area contributed by atoms with Gasteiger partial charge in [-0.15, -0.1) is 0 Å². The molecule has 0 aliphatic rings. The van der Waals surface area contributed by atoms with E-state index in [0.29, 0.717) is 22.4 Å². The zero-order chi connectivity index (χ0) is 10.0. The molecule has 1 aromatic carbocycles. The van der Waals surface area contributed by atoms with Crippen LogP contribution in [0.15, 0.2) is 12.1 Å². The number of benzene rings is 1. The van der Waals surface area contributed by atoms with Crippen LogP contribution in [0.4, 0.5) is 0 Å². The minimum atomic E-state index is -0.0668. The van der Waals surface area contributed by atoms with Gasteiger partial charge in [0.25, 0.3) is 0 Å². The lowest BCUT2D eigenvalue weighted by molar-refractivity contribution is 0.101. The van der Waals surface area contributed by atoms with Crippen molar-refractivity contribution in [3.8, 4) is 0 Å². The molecule has 0 aliphatic carbocycles. The zero-order valence-corrected chi connectivity index (χ0v) is 8.18. The van der Waals surface area contributed by atoms with E-state index in [1.54, 1.807) is 13.0 Å². The van der Waals surface area contributed by atoms with Crippen molar-refractivity contribution in [1.29, 1.82) is 0 Å². The first-order valence-electron chi connectivity index (χ1n) is 3.82. The largest absolute Gasteiger partial charge is 0.298 e.